The van der Waals surface area contributed by atoms with Crippen LogP contribution in [-0.4, -0.2) is 9.19 Å². The van der Waals surface area contributed by atoms with Crippen molar-refractivity contribution >= 4 is 26.7 Å². The Labute approximate surface area is 124 Å². The summed E-state index contributed by atoms with van der Waals surface area (Å²) in [5.41, 5.74) is 1.87. The van der Waals surface area contributed by atoms with E-state index in [4.69, 9.17) is 4.42 Å². The predicted molar refractivity (Wildman–Crippen MR) is 80.3 cm³/mol. The van der Waals surface area contributed by atoms with Gasteiger partial charge in [0.2, 0.25) is 0 Å². The Bertz CT molecular complexity index is 580. The Hall–Kier alpha value is -0.940. The number of benzene rings is 1. The second-order valence-corrected chi connectivity index (χ2v) is 7.05. The smallest absolute Gasteiger partial charge is 0.181 e. The van der Waals surface area contributed by atoms with E-state index in [9.17, 15) is 4.21 Å². The van der Waals surface area contributed by atoms with Gasteiger partial charge >= 0.3 is 0 Å². The van der Waals surface area contributed by atoms with E-state index in [1.807, 2.05) is 38.1 Å². The van der Waals surface area contributed by atoms with Gasteiger partial charge < -0.3 is 4.42 Å². The number of nitrogens with zero attached hydrogens (tertiary/aromatic N) is 1. The van der Waals surface area contributed by atoms with Gasteiger partial charge in [-0.1, -0.05) is 41.9 Å². The maximum absolute atomic E-state index is 12.2. The van der Waals surface area contributed by atoms with E-state index in [2.05, 4.69) is 20.9 Å². The van der Waals surface area contributed by atoms with Gasteiger partial charge in [0.05, 0.1) is 11.4 Å². The third-order valence-corrected chi connectivity index (χ3v) is 4.46. The predicted octanol–water partition coefficient (Wildman–Crippen LogP) is 4.01. The molecule has 19 heavy (non-hydrogen) atoms. The molecule has 2 rings (SSSR count). The summed E-state index contributed by atoms with van der Waals surface area (Å²) in [6, 6.07) is 7.88. The van der Waals surface area contributed by atoms with Crippen molar-refractivity contribution in [1.82, 2.24) is 4.98 Å². The van der Waals surface area contributed by atoms with Crippen LogP contribution in [0.3, 0.4) is 0 Å². The quantitative estimate of drug-likeness (QED) is 0.825. The van der Waals surface area contributed by atoms with Gasteiger partial charge in [-0.15, -0.1) is 0 Å². The molecule has 0 N–H and O–H groups in total. The van der Waals surface area contributed by atoms with E-state index in [-0.39, 0.29) is 5.92 Å². The molecule has 1 atom stereocenters. The largest absolute Gasteiger partial charge is 0.448 e. The first-order chi connectivity index (χ1) is 9.06. The first-order valence-electron chi connectivity index (χ1n) is 6.08. The second kappa shape index (κ2) is 6.48. The fraction of sp³-hybridized carbons (Fsp3) is 0.357. The molecule has 1 aromatic heterocycles. The summed E-state index contributed by atoms with van der Waals surface area (Å²) in [6.45, 7) is 4.09. The van der Waals surface area contributed by atoms with Crippen molar-refractivity contribution in [1.29, 1.82) is 0 Å². The Morgan fingerprint density at radius 1 is 1.37 bits per heavy atom. The molecule has 0 aliphatic rings. The van der Waals surface area contributed by atoms with E-state index in [1.165, 1.54) is 6.39 Å². The molecule has 0 saturated heterocycles. The lowest BCUT2D eigenvalue weighted by Crippen LogP contribution is -2.02. The van der Waals surface area contributed by atoms with Gasteiger partial charge in [0, 0.05) is 26.9 Å². The third-order valence-electron chi connectivity index (χ3n) is 2.71. The van der Waals surface area contributed by atoms with Gasteiger partial charge in [-0.05, 0) is 17.7 Å². The molecule has 0 aliphatic carbocycles. The number of halogens is 1. The molecule has 0 saturated carbocycles. The van der Waals surface area contributed by atoms with Gasteiger partial charge in [-0.2, -0.15) is 0 Å². The zero-order valence-corrected chi connectivity index (χ0v) is 13.3. The summed E-state index contributed by atoms with van der Waals surface area (Å²) in [5.74, 6) is 2.07. The average Bonchev–Trinajstić information content (AvgIpc) is 2.76. The molecular formula is C14H16BrNO2S. The van der Waals surface area contributed by atoms with Crippen LogP contribution in [0.5, 0.6) is 0 Å². The Morgan fingerprint density at radius 2 is 2.16 bits per heavy atom. The van der Waals surface area contributed by atoms with Crippen molar-refractivity contribution in [3.63, 3.8) is 0 Å². The second-order valence-electron chi connectivity index (χ2n) is 4.68. The topological polar surface area (TPSA) is 43.1 Å². The molecular weight excluding hydrogens is 326 g/mol. The van der Waals surface area contributed by atoms with Crippen molar-refractivity contribution in [3.05, 3.63) is 52.1 Å². The number of aromatic nitrogens is 1. The molecule has 0 unspecified atom stereocenters. The highest BCUT2D eigenvalue weighted by molar-refractivity contribution is 9.10. The molecule has 0 aliphatic heterocycles. The number of hydrogen-bond donors (Lipinski definition) is 0. The molecule has 0 radical (unpaired) electrons. The minimum absolute atomic E-state index is 0.264. The first-order valence-corrected chi connectivity index (χ1v) is 8.36. The zero-order valence-electron chi connectivity index (χ0n) is 10.9. The monoisotopic (exact) mass is 341 g/mol. The van der Waals surface area contributed by atoms with E-state index in [0.29, 0.717) is 11.5 Å². The van der Waals surface area contributed by atoms with E-state index >= 15 is 0 Å². The first kappa shape index (κ1) is 14.5. The Morgan fingerprint density at radius 3 is 2.84 bits per heavy atom. The van der Waals surface area contributed by atoms with Crippen LogP contribution in [0.25, 0.3) is 0 Å². The number of hydrogen-bond acceptors (Lipinski definition) is 3. The molecule has 0 amide bonds. The maximum Gasteiger partial charge on any atom is 0.181 e. The van der Waals surface area contributed by atoms with Gasteiger partial charge in [-0.3, -0.25) is 4.21 Å². The SMILES string of the molecule is CC(C)c1ocnc1C[S@@](=O)Cc1cccc(Br)c1. The van der Waals surface area contributed by atoms with Crippen LogP contribution in [0.4, 0.5) is 0 Å². The van der Waals surface area contributed by atoms with Crippen molar-refractivity contribution in [3.8, 4) is 0 Å². The van der Waals surface area contributed by atoms with Crippen molar-refractivity contribution in [2.45, 2.75) is 31.3 Å². The standard InChI is InChI=1S/C14H16BrNO2S/c1-10(2)14-13(16-9-18-14)8-19(17)7-11-4-3-5-12(15)6-11/h3-6,9-10H,7-8H2,1-2H3/t19-/m0/s1. The van der Waals surface area contributed by atoms with Gasteiger partial charge in [0.25, 0.3) is 0 Å². The Kier molecular flexibility index (Phi) is 4.93. The molecule has 1 heterocycles. The highest BCUT2D eigenvalue weighted by atomic mass is 79.9. The third kappa shape index (κ3) is 4.01. The van der Waals surface area contributed by atoms with Gasteiger partial charge in [0.15, 0.2) is 6.39 Å². The number of rotatable bonds is 5. The van der Waals surface area contributed by atoms with E-state index in [1.54, 1.807) is 0 Å². The summed E-state index contributed by atoms with van der Waals surface area (Å²) in [5, 5.41) is 0. The number of oxazole rings is 1. The van der Waals surface area contributed by atoms with Crippen molar-refractivity contribution < 1.29 is 8.63 Å². The molecule has 2 aromatic rings. The lowest BCUT2D eigenvalue weighted by atomic mass is 10.1. The van der Waals surface area contributed by atoms with Gasteiger partial charge in [0.1, 0.15) is 5.76 Å². The van der Waals surface area contributed by atoms with Crippen LogP contribution in [0.2, 0.25) is 0 Å². The molecule has 0 fully saturated rings. The van der Waals surface area contributed by atoms with E-state index < -0.39 is 10.8 Å². The normalized spacial score (nSPS) is 12.8. The summed E-state index contributed by atoms with van der Waals surface area (Å²) < 4.78 is 18.5. The molecule has 1 aromatic carbocycles. The van der Waals surface area contributed by atoms with Crippen LogP contribution in [0, 0.1) is 0 Å². The van der Waals surface area contributed by atoms with Crippen molar-refractivity contribution in [2.24, 2.45) is 0 Å². The molecule has 0 bridgehead atoms. The fourth-order valence-electron chi connectivity index (χ4n) is 1.87. The van der Waals surface area contributed by atoms with Crippen LogP contribution in [-0.2, 0) is 22.3 Å². The van der Waals surface area contributed by atoms with Crippen LogP contribution in [0.15, 0.2) is 39.5 Å². The fourth-order valence-corrected chi connectivity index (χ4v) is 3.49. The highest BCUT2D eigenvalue weighted by Gasteiger charge is 2.14. The molecule has 5 heteroatoms. The minimum Gasteiger partial charge on any atom is -0.448 e. The van der Waals surface area contributed by atoms with Crippen LogP contribution < -0.4 is 0 Å². The summed E-state index contributed by atoms with van der Waals surface area (Å²) >= 11 is 3.42. The summed E-state index contributed by atoms with van der Waals surface area (Å²) in [4.78, 5) is 4.17. The zero-order chi connectivity index (χ0) is 13.8. The highest BCUT2D eigenvalue weighted by Crippen LogP contribution is 2.20. The van der Waals surface area contributed by atoms with Gasteiger partial charge in [-0.25, -0.2) is 4.98 Å². The lowest BCUT2D eigenvalue weighted by molar-refractivity contribution is 0.480. The van der Waals surface area contributed by atoms with Crippen LogP contribution in [0.1, 0.15) is 36.8 Å². The summed E-state index contributed by atoms with van der Waals surface area (Å²) in [6.07, 6.45) is 1.43. The minimum atomic E-state index is -0.979. The Balaban J connectivity index is 2.03. The molecule has 102 valence electrons. The molecule has 3 nitrogen and oxygen atoms in total. The van der Waals surface area contributed by atoms with Crippen LogP contribution >= 0.6 is 15.9 Å². The van der Waals surface area contributed by atoms with Crippen molar-refractivity contribution in [2.75, 3.05) is 0 Å². The average molecular weight is 342 g/mol. The summed E-state index contributed by atoms with van der Waals surface area (Å²) in [7, 11) is -0.979. The maximum atomic E-state index is 12.2. The molecule has 0 spiro atoms. The van der Waals surface area contributed by atoms with E-state index in [0.717, 1.165) is 21.5 Å². The lowest BCUT2D eigenvalue weighted by Gasteiger charge is -2.05.